The van der Waals surface area contributed by atoms with Crippen molar-refractivity contribution in [2.24, 2.45) is 5.92 Å². The van der Waals surface area contributed by atoms with Crippen LogP contribution in [0.1, 0.15) is 42.9 Å². The number of hydrogen-bond donors (Lipinski definition) is 1. The highest BCUT2D eigenvalue weighted by Crippen LogP contribution is 2.42. The van der Waals surface area contributed by atoms with E-state index < -0.39 is 5.97 Å². The molecule has 2 aliphatic rings. The van der Waals surface area contributed by atoms with Gasteiger partial charge in [0, 0.05) is 19.1 Å². The van der Waals surface area contributed by atoms with Gasteiger partial charge >= 0.3 is 5.97 Å². The number of carbonyl (C=O) groups is 1. The van der Waals surface area contributed by atoms with Crippen LogP contribution in [-0.4, -0.2) is 29.1 Å². The summed E-state index contributed by atoms with van der Waals surface area (Å²) in [6, 6.07) is 9.07. The Bertz CT molecular complexity index is 465. The van der Waals surface area contributed by atoms with Gasteiger partial charge in [0.1, 0.15) is 0 Å². The number of fused-ring (bicyclic) bond motifs is 1. The maximum absolute atomic E-state index is 10.9. The zero-order valence-electron chi connectivity index (χ0n) is 10.7. The van der Waals surface area contributed by atoms with Crippen LogP contribution in [0.15, 0.2) is 24.3 Å². The van der Waals surface area contributed by atoms with Gasteiger partial charge < -0.3 is 5.11 Å². The van der Waals surface area contributed by atoms with Gasteiger partial charge in [0.2, 0.25) is 0 Å². The fourth-order valence-electron chi connectivity index (χ4n) is 3.28. The Morgan fingerprint density at radius 1 is 1.22 bits per heavy atom. The van der Waals surface area contributed by atoms with Crippen LogP contribution in [0.4, 0.5) is 0 Å². The van der Waals surface area contributed by atoms with Crippen molar-refractivity contribution in [1.82, 2.24) is 4.90 Å². The number of aliphatic carboxylic acids is 1. The molecule has 0 radical (unpaired) electrons. The lowest BCUT2D eigenvalue weighted by molar-refractivity contribution is -0.149. The van der Waals surface area contributed by atoms with E-state index in [-0.39, 0.29) is 5.92 Å². The summed E-state index contributed by atoms with van der Waals surface area (Å²) in [7, 11) is 0. The molecular formula is C15H19NO2. The van der Waals surface area contributed by atoms with Gasteiger partial charge in [-0.05, 0) is 29.9 Å². The van der Waals surface area contributed by atoms with Gasteiger partial charge in [0.15, 0.2) is 0 Å². The molecular weight excluding hydrogens is 226 g/mol. The van der Waals surface area contributed by atoms with Crippen molar-refractivity contribution in [1.29, 1.82) is 0 Å². The molecule has 0 amide bonds. The van der Waals surface area contributed by atoms with Gasteiger partial charge in [-0.3, -0.25) is 9.69 Å². The maximum atomic E-state index is 10.9. The van der Waals surface area contributed by atoms with E-state index in [0.29, 0.717) is 25.0 Å². The van der Waals surface area contributed by atoms with E-state index in [9.17, 15) is 4.79 Å². The van der Waals surface area contributed by atoms with Crippen molar-refractivity contribution in [3.63, 3.8) is 0 Å². The number of hydrogen-bond acceptors (Lipinski definition) is 2. The second kappa shape index (κ2) is 4.39. The fourth-order valence-corrected chi connectivity index (χ4v) is 3.28. The Kier molecular flexibility index (Phi) is 2.86. The predicted molar refractivity (Wildman–Crippen MR) is 69.5 cm³/mol. The van der Waals surface area contributed by atoms with Crippen LogP contribution in [0.3, 0.4) is 0 Å². The molecule has 1 N–H and O–H groups in total. The summed E-state index contributed by atoms with van der Waals surface area (Å²) >= 11 is 0. The van der Waals surface area contributed by atoms with Crippen molar-refractivity contribution in [3.8, 4) is 0 Å². The summed E-state index contributed by atoms with van der Waals surface area (Å²) in [4.78, 5) is 13.2. The van der Waals surface area contributed by atoms with Crippen molar-refractivity contribution < 1.29 is 9.90 Å². The Morgan fingerprint density at radius 3 is 2.56 bits per heavy atom. The third kappa shape index (κ3) is 1.83. The van der Waals surface area contributed by atoms with Crippen LogP contribution in [0.2, 0.25) is 0 Å². The standard InChI is InChI=1S/C15H19NO2/c1-10-6-7-14(13-5-3-2-4-12(10)13)16-8-11(9-16)15(17)18/h2-5,10-11,14H,6-9H2,1H3,(H,17,18). The normalized spacial score (nSPS) is 28.5. The number of benzene rings is 1. The van der Waals surface area contributed by atoms with Gasteiger partial charge in [-0.1, -0.05) is 31.2 Å². The highest BCUT2D eigenvalue weighted by atomic mass is 16.4. The zero-order chi connectivity index (χ0) is 12.7. The average Bonchev–Trinajstić information content (AvgIpc) is 2.30. The van der Waals surface area contributed by atoms with Crippen molar-refractivity contribution >= 4 is 5.97 Å². The van der Waals surface area contributed by atoms with Crippen molar-refractivity contribution in [3.05, 3.63) is 35.4 Å². The lowest BCUT2D eigenvalue weighted by atomic mass is 9.79. The number of likely N-dealkylation sites (tertiary alicyclic amines) is 1. The number of rotatable bonds is 2. The minimum atomic E-state index is -0.649. The first-order valence-electron chi connectivity index (χ1n) is 6.72. The van der Waals surface area contributed by atoms with E-state index >= 15 is 0 Å². The summed E-state index contributed by atoms with van der Waals surface area (Å²) in [5.74, 6) is -0.172. The molecule has 1 aliphatic heterocycles. The Hall–Kier alpha value is -1.35. The summed E-state index contributed by atoms with van der Waals surface area (Å²) in [5.41, 5.74) is 2.87. The first kappa shape index (κ1) is 11.7. The highest BCUT2D eigenvalue weighted by molar-refractivity contribution is 5.71. The third-order valence-corrected chi connectivity index (χ3v) is 4.46. The van der Waals surface area contributed by atoms with Crippen LogP contribution >= 0.6 is 0 Å². The molecule has 18 heavy (non-hydrogen) atoms. The monoisotopic (exact) mass is 245 g/mol. The van der Waals surface area contributed by atoms with Gasteiger partial charge in [0.25, 0.3) is 0 Å². The molecule has 0 saturated carbocycles. The summed E-state index contributed by atoms with van der Waals surface area (Å²) in [6.45, 7) is 3.71. The molecule has 0 aromatic heterocycles. The molecule has 2 atom stereocenters. The minimum absolute atomic E-state index is 0.156. The van der Waals surface area contributed by atoms with Crippen LogP contribution in [0.5, 0.6) is 0 Å². The van der Waals surface area contributed by atoms with E-state index in [2.05, 4.69) is 36.1 Å². The number of carboxylic acid groups (broad SMARTS) is 1. The highest BCUT2D eigenvalue weighted by Gasteiger charge is 2.39. The second-order valence-electron chi connectivity index (χ2n) is 5.61. The van der Waals surface area contributed by atoms with Crippen LogP contribution in [0.25, 0.3) is 0 Å². The molecule has 1 aromatic carbocycles. The zero-order valence-corrected chi connectivity index (χ0v) is 10.7. The molecule has 1 saturated heterocycles. The molecule has 0 bridgehead atoms. The lowest BCUT2D eigenvalue weighted by Crippen LogP contribution is -2.52. The van der Waals surface area contributed by atoms with Gasteiger partial charge in [-0.2, -0.15) is 0 Å². The average molecular weight is 245 g/mol. The predicted octanol–water partition coefficient (Wildman–Crippen LogP) is 2.64. The topological polar surface area (TPSA) is 40.5 Å². The summed E-state index contributed by atoms with van der Waals surface area (Å²) in [6.07, 6.45) is 2.36. The molecule has 3 rings (SSSR count). The van der Waals surface area contributed by atoms with E-state index in [1.54, 1.807) is 0 Å². The van der Waals surface area contributed by atoms with Crippen molar-refractivity contribution in [2.45, 2.75) is 31.7 Å². The van der Waals surface area contributed by atoms with Crippen LogP contribution in [0, 0.1) is 5.92 Å². The summed E-state index contributed by atoms with van der Waals surface area (Å²) < 4.78 is 0. The van der Waals surface area contributed by atoms with Crippen molar-refractivity contribution in [2.75, 3.05) is 13.1 Å². The van der Waals surface area contributed by atoms with Gasteiger partial charge in [0.05, 0.1) is 5.92 Å². The fraction of sp³-hybridized carbons (Fsp3) is 0.533. The molecule has 1 aliphatic carbocycles. The SMILES string of the molecule is CC1CCC(N2CC(C(=O)O)C2)c2ccccc21. The maximum Gasteiger partial charge on any atom is 0.309 e. The van der Waals surface area contributed by atoms with E-state index in [1.807, 2.05) is 0 Å². The molecule has 1 fully saturated rings. The van der Waals surface area contributed by atoms with E-state index in [4.69, 9.17) is 5.11 Å². The van der Waals surface area contributed by atoms with Gasteiger partial charge in [-0.15, -0.1) is 0 Å². The second-order valence-corrected chi connectivity index (χ2v) is 5.61. The van der Waals surface area contributed by atoms with Crippen LogP contribution in [-0.2, 0) is 4.79 Å². The minimum Gasteiger partial charge on any atom is -0.481 e. The van der Waals surface area contributed by atoms with Crippen LogP contribution < -0.4 is 0 Å². The molecule has 2 unspecified atom stereocenters. The van der Waals surface area contributed by atoms with E-state index in [1.165, 1.54) is 17.5 Å². The molecule has 1 heterocycles. The Morgan fingerprint density at radius 2 is 1.89 bits per heavy atom. The Balaban J connectivity index is 1.80. The molecule has 96 valence electrons. The summed E-state index contributed by atoms with van der Waals surface area (Å²) in [5, 5.41) is 8.96. The number of carboxylic acids is 1. The quantitative estimate of drug-likeness (QED) is 0.870. The molecule has 3 heteroatoms. The first-order valence-corrected chi connectivity index (χ1v) is 6.72. The smallest absolute Gasteiger partial charge is 0.309 e. The molecule has 3 nitrogen and oxygen atoms in total. The number of nitrogens with zero attached hydrogens (tertiary/aromatic N) is 1. The third-order valence-electron chi connectivity index (χ3n) is 4.46. The first-order chi connectivity index (χ1) is 8.66. The Labute approximate surface area is 107 Å². The lowest BCUT2D eigenvalue weighted by Gasteiger charge is -2.45. The van der Waals surface area contributed by atoms with E-state index in [0.717, 1.165) is 6.42 Å². The molecule has 0 spiro atoms. The molecule has 1 aromatic rings. The largest absolute Gasteiger partial charge is 0.481 e. The van der Waals surface area contributed by atoms with Gasteiger partial charge in [-0.25, -0.2) is 0 Å².